The first-order valence-electron chi connectivity index (χ1n) is 6.14. The van der Waals surface area contributed by atoms with Crippen LogP contribution in [0.15, 0.2) is 23.6 Å². The van der Waals surface area contributed by atoms with E-state index in [0.29, 0.717) is 16.6 Å². The molecule has 1 aromatic heterocycles. The molecule has 0 spiro atoms. The number of anilines is 1. The van der Waals surface area contributed by atoms with E-state index in [1.165, 1.54) is 23.1 Å². The van der Waals surface area contributed by atoms with Crippen molar-refractivity contribution in [2.24, 2.45) is 0 Å². The molecule has 21 heavy (non-hydrogen) atoms. The van der Waals surface area contributed by atoms with Crippen LogP contribution < -0.4 is 14.8 Å². The summed E-state index contributed by atoms with van der Waals surface area (Å²) >= 11 is 2.86. The van der Waals surface area contributed by atoms with Crippen molar-refractivity contribution >= 4 is 34.1 Å². The molecule has 5 nitrogen and oxygen atoms in total. The highest BCUT2D eigenvalue weighted by Crippen LogP contribution is 2.34. The summed E-state index contributed by atoms with van der Waals surface area (Å²) in [6.07, 6.45) is 1.88. The van der Waals surface area contributed by atoms with Gasteiger partial charge in [0.1, 0.15) is 11.5 Å². The number of amides is 1. The van der Waals surface area contributed by atoms with E-state index in [-0.39, 0.29) is 5.91 Å². The van der Waals surface area contributed by atoms with Crippen molar-refractivity contribution in [3.05, 3.63) is 23.6 Å². The van der Waals surface area contributed by atoms with Crippen LogP contribution in [0.1, 0.15) is 0 Å². The second-order valence-electron chi connectivity index (χ2n) is 4.09. The fourth-order valence-corrected chi connectivity index (χ4v) is 2.81. The molecule has 0 aliphatic rings. The van der Waals surface area contributed by atoms with Gasteiger partial charge in [0.05, 0.1) is 25.7 Å². The summed E-state index contributed by atoms with van der Waals surface area (Å²) < 4.78 is 10.5. The number of benzene rings is 1. The summed E-state index contributed by atoms with van der Waals surface area (Å²) in [5, 5.41) is 5.25. The van der Waals surface area contributed by atoms with Gasteiger partial charge in [0.15, 0.2) is 5.13 Å². The van der Waals surface area contributed by atoms with Crippen molar-refractivity contribution in [3.8, 4) is 22.8 Å². The monoisotopic (exact) mass is 324 g/mol. The maximum Gasteiger partial charge on any atom is 0.236 e. The minimum absolute atomic E-state index is 0.0508. The number of carbonyl (C=O) groups is 1. The number of ether oxygens (including phenoxy) is 2. The Bertz CT molecular complexity index is 628. The molecule has 2 rings (SSSR count). The van der Waals surface area contributed by atoms with Crippen LogP contribution in [0.5, 0.6) is 11.5 Å². The lowest BCUT2D eigenvalue weighted by molar-refractivity contribution is -0.113. The summed E-state index contributed by atoms with van der Waals surface area (Å²) in [6.45, 7) is 0. The molecule has 0 aliphatic heterocycles. The van der Waals surface area contributed by atoms with Crippen molar-refractivity contribution in [3.63, 3.8) is 0 Å². The molecule has 0 atom stereocenters. The quantitative estimate of drug-likeness (QED) is 0.884. The number of carbonyl (C=O) groups excluding carboxylic acids is 1. The summed E-state index contributed by atoms with van der Waals surface area (Å²) in [4.78, 5) is 16.0. The van der Waals surface area contributed by atoms with E-state index >= 15 is 0 Å². The maximum atomic E-state index is 11.6. The third-order valence-corrected chi connectivity index (χ3v) is 4.02. The molecule has 7 heteroatoms. The molecule has 1 heterocycles. The highest BCUT2D eigenvalue weighted by atomic mass is 32.2. The molecule has 0 saturated heterocycles. The molecule has 0 aliphatic carbocycles. The van der Waals surface area contributed by atoms with Gasteiger partial charge in [-0.05, 0) is 18.4 Å². The highest BCUT2D eigenvalue weighted by molar-refractivity contribution is 7.99. The largest absolute Gasteiger partial charge is 0.497 e. The van der Waals surface area contributed by atoms with Crippen molar-refractivity contribution in [1.82, 2.24) is 4.98 Å². The Morgan fingerprint density at radius 2 is 2.19 bits per heavy atom. The number of thiazole rings is 1. The lowest BCUT2D eigenvalue weighted by Crippen LogP contribution is -2.13. The molecule has 0 fully saturated rings. The van der Waals surface area contributed by atoms with Gasteiger partial charge in [0.2, 0.25) is 5.91 Å². The predicted molar refractivity (Wildman–Crippen MR) is 87.7 cm³/mol. The second kappa shape index (κ2) is 7.33. The normalized spacial score (nSPS) is 10.2. The van der Waals surface area contributed by atoms with Gasteiger partial charge in [-0.15, -0.1) is 11.3 Å². The summed E-state index contributed by atoms with van der Waals surface area (Å²) in [7, 11) is 3.21. The second-order valence-corrected chi connectivity index (χ2v) is 5.81. The van der Waals surface area contributed by atoms with E-state index in [4.69, 9.17) is 9.47 Å². The van der Waals surface area contributed by atoms with Crippen LogP contribution in [0.4, 0.5) is 5.13 Å². The van der Waals surface area contributed by atoms with Crippen molar-refractivity contribution in [2.75, 3.05) is 31.5 Å². The SMILES string of the molecule is COc1ccc(-c2csc(NC(=O)CSC)n2)c(OC)c1. The Morgan fingerprint density at radius 1 is 1.38 bits per heavy atom. The molecule has 0 unspecified atom stereocenters. The molecule has 1 aromatic carbocycles. The van der Waals surface area contributed by atoms with Crippen LogP contribution in [-0.2, 0) is 4.79 Å². The van der Waals surface area contributed by atoms with Crippen LogP contribution in [0.25, 0.3) is 11.3 Å². The number of hydrogen-bond donors (Lipinski definition) is 1. The smallest absolute Gasteiger partial charge is 0.236 e. The Kier molecular flexibility index (Phi) is 5.46. The molecule has 0 radical (unpaired) electrons. The Morgan fingerprint density at radius 3 is 2.86 bits per heavy atom. The molecule has 0 bridgehead atoms. The molecular weight excluding hydrogens is 308 g/mol. The van der Waals surface area contributed by atoms with E-state index in [0.717, 1.165) is 17.0 Å². The van der Waals surface area contributed by atoms with Gasteiger partial charge in [-0.2, -0.15) is 11.8 Å². The number of nitrogens with zero attached hydrogens (tertiary/aromatic N) is 1. The Labute approximate surface area is 131 Å². The average Bonchev–Trinajstić information content (AvgIpc) is 2.94. The Hall–Kier alpha value is -1.73. The van der Waals surface area contributed by atoms with E-state index in [1.54, 1.807) is 20.3 Å². The van der Waals surface area contributed by atoms with Gasteiger partial charge in [-0.25, -0.2) is 4.98 Å². The van der Waals surface area contributed by atoms with Gasteiger partial charge >= 0.3 is 0 Å². The van der Waals surface area contributed by atoms with E-state index < -0.39 is 0 Å². The molecular formula is C14H16N2O3S2. The van der Waals surface area contributed by atoms with Gasteiger partial charge in [0.25, 0.3) is 0 Å². The highest BCUT2D eigenvalue weighted by Gasteiger charge is 2.12. The van der Waals surface area contributed by atoms with Gasteiger partial charge in [0, 0.05) is 17.0 Å². The van der Waals surface area contributed by atoms with Crippen LogP contribution in [0.3, 0.4) is 0 Å². The van der Waals surface area contributed by atoms with Crippen LogP contribution in [-0.4, -0.2) is 37.1 Å². The first kappa shape index (κ1) is 15.7. The van der Waals surface area contributed by atoms with Gasteiger partial charge < -0.3 is 14.8 Å². The number of thioether (sulfide) groups is 1. The maximum absolute atomic E-state index is 11.6. The van der Waals surface area contributed by atoms with E-state index in [1.807, 2.05) is 23.8 Å². The molecule has 1 N–H and O–H groups in total. The van der Waals surface area contributed by atoms with Crippen LogP contribution in [0, 0.1) is 0 Å². The van der Waals surface area contributed by atoms with Gasteiger partial charge in [-0.1, -0.05) is 0 Å². The number of rotatable bonds is 6. The molecule has 0 saturated carbocycles. The first-order valence-corrected chi connectivity index (χ1v) is 8.42. The lowest BCUT2D eigenvalue weighted by Gasteiger charge is -2.08. The van der Waals surface area contributed by atoms with Crippen LogP contribution >= 0.6 is 23.1 Å². The van der Waals surface area contributed by atoms with Crippen molar-refractivity contribution < 1.29 is 14.3 Å². The summed E-state index contributed by atoms with van der Waals surface area (Å²) in [6, 6.07) is 5.55. The zero-order chi connectivity index (χ0) is 15.2. The standard InChI is InChI=1S/C14H16N2O3S2/c1-18-9-4-5-10(12(6-9)19-2)11-7-21-14(15-11)16-13(17)8-20-3/h4-7H,8H2,1-3H3,(H,15,16,17). The zero-order valence-corrected chi connectivity index (χ0v) is 13.6. The average molecular weight is 324 g/mol. The topological polar surface area (TPSA) is 60.5 Å². The van der Waals surface area contributed by atoms with Gasteiger partial charge in [-0.3, -0.25) is 4.79 Å². The minimum Gasteiger partial charge on any atom is -0.497 e. The fraction of sp³-hybridized carbons (Fsp3) is 0.286. The zero-order valence-electron chi connectivity index (χ0n) is 12.0. The molecule has 112 valence electrons. The van der Waals surface area contributed by atoms with E-state index in [2.05, 4.69) is 10.3 Å². The summed E-state index contributed by atoms with van der Waals surface area (Å²) in [5.74, 6) is 1.77. The fourth-order valence-electron chi connectivity index (χ4n) is 1.75. The number of hydrogen-bond acceptors (Lipinski definition) is 6. The summed E-state index contributed by atoms with van der Waals surface area (Å²) in [5.41, 5.74) is 1.62. The number of aromatic nitrogens is 1. The number of nitrogens with one attached hydrogen (secondary N) is 1. The van der Waals surface area contributed by atoms with E-state index in [9.17, 15) is 4.79 Å². The Balaban J connectivity index is 2.23. The third kappa shape index (κ3) is 3.89. The minimum atomic E-state index is -0.0508. The number of methoxy groups -OCH3 is 2. The molecule has 2 aromatic rings. The van der Waals surface area contributed by atoms with Crippen molar-refractivity contribution in [2.45, 2.75) is 0 Å². The first-order chi connectivity index (χ1) is 10.2. The predicted octanol–water partition coefficient (Wildman–Crippen LogP) is 3.13. The third-order valence-electron chi connectivity index (χ3n) is 2.71. The lowest BCUT2D eigenvalue weighted by atomic mass is 10.1. The van der Waals surface area contributed by atoms with Crippen LogP contribution in [0.2, 0.25) is 0 Å². The van der Waals surface area contributed by atoms with Crippen molar-refractivity contribution in [1.29, 1.82) is 0 Å². The molecule has 1 amide bonds.